The molecule has 0 spiro atoms. The first kappa shape index (κ1) is 22.5. The van der Waals surface area contributed by atoms with Gasteiger partial charge in [-0.3, -0.25) is 19.5 Å². The Morgan fingerprint density at radius 2 is 1.76 bits per heavy atom. The molecule has 4 rings (SSSR count). The number of rotatable bonds is 8. The van der Waals surface area contributed by atoms with Gasteiger partial charge in [0.1, 0.15) is 23.4 Å². The van der Waals surface area contributed by atoms with Crippen LogP contribution < -0.4 is 14.8 Å². The summed E-state index contributed by atoms with van der Waals surface area (Å²) >= 11 is 0. The van der Waals surface area contributed by atoms with Crippen LogP contribution in [0.3, 0.4) is 0 Å². The van der Waals surface area contributed by atoms with Crippen LogP contribution in [0.4, 0.5) is 5.69 Å². The number of fused-ring (bicyclic) bond motifs is 1. The Labute approximate surface area is 192 Å². The number of sulfonamides is 1. The van der Waals surface area contributed by atoms with Crippen LogP contribution in [0.5, 0.6) is 11.5 Å². The van der Waals surface area contributed by atoms with E-state index in [2.05, 4.69) is 20.0 Å². The van der Waals surface area contributed by atoms with Crippen LogP contribution in [0, 0.1) is 0 Å². The molecule has 1 amide bonds. The number of nitrogens with zero attached hydrogens (tertiary/aromatic N) is 2. The minimum atomic E-state index is -3.67. The number of carbonyl (C=O) groups excluding carboxylic acids is 1. The second kappa shape index (κ2) is 9.83. The summed E-state index contributed by atoms with van der Waals surface area (Å²) in [5.74, 6) is 1.18. The number of carbonyl (C=O) groups is 1. The molecule has 3 aromatic rings. The van der Waals surface area contributed by atoms with E-state index in [4.69, 9.17) is 4.74 Å². The molecule has 33 heavy (non-hydrogen) atoms. The van der Waals surface area contributed by atoms with Crippen molar-refractivity contribution in [3.05, 3.63) is 78.6 Å². The fraction of sp³-hybridized carbons (Fsp3) is 0.208. The zero-order chi connectivity index (χ0) is 23.3. The lowest BCUT2D eigenvalue weighted by Gasteiger charge is -2.14. The third kappa shape index (κ3) is 5.38. The van der Waals surface area contributed by atoms with Gasteiger partial charge in [0.25, 0.3) is 10.0 Å². The summed E-state index contributed by atoms with van der Waals surface area (Å²) in [6, 6.07) is 16.4. The van der Waals surface area contributed by atoms with Crippen molar-refractivity contribution in [2.75, 3.05) is 5.32 Å². The number of anilines is 1. The molecule has 0 bridgehead atoms. The lowest BCUT2D eigenvalue weighted by atomic mass is 10.1. The van der Waals surface area contributed by atoms with Crippen LogP contribution in [0.2, 0.25) is 0 Å². The Kier molecular flexibility index (Phi) is 6.69. The number of ether oxygens (including phenoxy) is 1. The number of amides is 1. The second-order valence-electron chi connectivity index (χ2n) is 7.54. The third-order valence-corrected chi connectivity index (χ3v) is 6.49. The van der Waals surface area contributed by atoms with Crippen LogP contribution in [0.25, 0.3) is 0 Å². The van der Waals surface area contributed by atoms with Gasteiger partial charge in [-0.15, -0.1) is 0 Å². The van der Waals surface area contributed by atoms with Crippen molar-refractivity contribution in [1.82, 2.24) is 9.71 Å². The highest BCUT2D eigenvalue weighted by molar-refractivity contribution is 7.90. The Morgan fingerprint density at radius 1 is 1.06 bits per heavy atom. The maximum atomic E-state index is 13.0. The van der Waals surface area contributed by atoms with E-state index >= 15 is 0 Å². The zero-order valence-electron chi connectivity index (χ0n) is 18.1. The van der Waals surface area contributed by atoms with Gasteiger partial charge in [0.15, 0.2) is 0 Å². The van der Waals surface area contributed by atoms with Gasteiger partial charge in [0, 0.05) is 23.6 Å². The number of pyridine rings is 1. The van der Waals surface area contributed by atoms with E-state index in [1.165, 1.54) is 6.07 Å². The molecule has 1 aliphatic rings. The number of aromatic nitrogens is 1. The summed E-state index contributed by atoms with van der Waals surface area (Å²) in [4.78, 5) is 21.6. The Hall–Kier alpha value is -3.72. The molecule has 0 aliphatic carbocycles. The van der Waals surface area contributed by atoms with E-state index in [1.807, 2.05) is 6.92 Å². The highest BCUT2D eigenvalue weighted by atomic mass is 32.2. The van der Waals surface area contributed by atoms with Crippen molar-refractivity contribution in [3.63, 3.8) is 0 Å². The fourth-order valence-electron chi connectivity index (χ4n) is 3.41. The summed E-state index contributed by atoms with van der Waals surface area (Å²) in [7, 11) is -3.67. The van der Waals surface area contributed by atoms with Crippen molar-refractivity contribution in [2.45, 2.75) is 37.1 Å². The number of unbranched alkanes of at least 4 members (excludes halogenated alkanes) is 1. The number of amidine groups is 1. The fourth-order valence-corrected chi connectivity index (χ4v) is 4.65. The Bertz CT molecular complexity index is 1260. The first-order valence-electron chi connectivity index (χ1n) is 10.6. The number of hydrogen-bond donors (Lipinski definition) is 2. The highest BCUT2D eigenvalue weighted by Gasteiger charge is 2.31. The first-order valence-corrected chi connectivity index (χ1v) is 12.1. The summed E-state index contributed by atoms with van der Waals surface area (Å²) in [5.41, 5.74) is 1.07. The van der Waals surface area contributed by atoms with Gasteiger partial charge in [-0.05, 0) is 55.0 Å². The molecule has 1 unspecified atom stereocenters. The second-order valence-corrected chi connectivity index (χ2v) is 9.19. The SMILES string of the molecule is CCCCC(N=C1NS(=O)(=O)c2ccccc21)C(=O)Nc1ccc(Oc2ccncc2)cc1. The number of hydrogen-bond acceptors (Lipinski definition) is 6. The predicted molar refractivity (Wildman–Crippen MR) is 126 cm³/mol. The van der Waals surface area contributed by atoms with Gasteiger partial charge in [-0.2, -0.15) is 0 Å². The molecule has 1 atom stereocenters. The molecule has 2 heterocycles. The number of aliphatic imine (C=N–C) groups is 1. The average molecular weight is 465 g/mol. The first-order chi connectivity index (χ1) is 16.0. The molecule has 9 heteroatoms. The molecule has 0 radical (unpaired) electrons. The standard InChI is InChI=1S/C24H24N4O4S/c1-2-3-7-21(27-23-20-6-4-5-8-22(20)33(30,31)28-23)24(29)26-17-9-11-18(12-10-17)32-19-13-15-25-16-14-19/h4-6,8-16,21H,2-3,7H2,1H3,(H,26,29)(H,27,28). The van der Waals surface area contributed by atoms with E-state index in [9.17, 15) is 13.2 Å². The average Bonchev–Trinajstić information content (AvgIpc) is 3.08. The predicted octanol–water partition coefficient (Wildman–Crippen LogP) is 4.11. The maximum absolute atomic E-state index is 13.0. The van der Waals surface area contributed by atoms with Crippen LogP contribution in [-0.4, -0.2) is 31.2 Å². The molecule has 170 valence electrons. The Morgan fingerprint density at radius 3 is 2.48 bits per heavy atom. The molecular weight excluding hydrogens is 440 g/mol. The van der Waals surface area contributed by atoms with Gasteiger partial charge >= 0.3 is 0 Å². The third-order valence-electron chi connectivity index (χ3n) is 5.09. The molecule has 2 N–H and O–H groups in total. The van der Waals surface area contributed by atoms with Crippen molar-refractivity contribution in [3.8, 4) is 11.5 Å². The van der Waals surface area contributed by atoms with E-state index in [1.54, 1.807) is 67.0 Å². The van der Waals surface area contributed by atoms with E-state index in [0.717, 1.165) is 12.8 Å². The largest absolute Gasteiger partial charge is 0.457 e. The highest BCUT2D eigenvalue weighted by Crippen LogP contribution is 2.25. The smallest absolute Gasteiger partial charge is 0.263 e. The van der Waals surface area contributed by atoms with Crippen molar-refractivity contribution >= 4 is 27.5 Å². The van der Waals surface area contributed by atoms with Gasteiger partial charge in [0.2, 0.25) is 5.91 Å². The van der Waals surface area contributed by atoms with Gasteiger partial charge in [-0.25, -0.2) is 8.42 Å². The molecule has 0 fully saturated rings. The summed E-state index contributed by atoms with van der Waals surface area (Å²) < 4.78 is 33.0. The van der Waals surface area contributed by atoms with E-state index in [0.29, 0.717) is 29.2 Å². The van der Waals surface area contributed by atoms with E-state index < -0.39 is 16.1 Å². The lowest BCUT2D eigenvalue weighted by molar-refractivity contribution is -0.117. The quantitative estimate of drug-likeness (QED) is 0.521. The lowest BCUT2D eigenvalue weighted by Crippen LogP contribution is -2.30. The summed E-state index contributed by atoms with van der Waals surface area (Å²) in [6.07, 6.45) is 5.45. The van der Waals surface area contributed by atoms with Gasteiger partial charge < -0.3 is 10.1 Å². The molecule has 8 nitrogen and oxygen atoms in total. The number of benzene rings is 2. The molecular formula is C24H24N4O4S. The van der Waals surface area contributed by atoms with Crippen LogP contribution >= 0.6 is 0 Å². The van der Waals surface area contributed by atoms with Gasteiger partial charge in [-0.1, -0.05) is 31.9 Å². The van der Waals surface area contributed by atoms with Gasteiger partial charge in [0.05, 0.1) is 4.90 Å². The normalized spacial score (nSPS) is 16.0. The van der Waals surface area contributed by atoms with E-state index in [-0.39, 0.29) is 16.6 Å². The van der Waals surface area contributed by atoms with Crippen LogP contribution in [0.15, 0.2) is 82.9 Å². The van der Waals surface area contributed by atoms with Crippen LogP contribution in [0.1, 0.15) is 31.7 Å². The van der Waals surface area contributed by atoms with Crippen LogP contribution in [-0.2, 0) is 14.8 Å². The van der Waals surface area contributed by atoms with Crippen molar-refractivity contribution in [2.24, 2.45) is 4.99 Å². The minimum Gasteiger partial charge on any atom is -0.457 e. The minimum absolute atomic E-state index is 0.170. The summed E-state index contributed by atoms with van der Waals surface area (Å²) in [5, 5.41) is 2.87. The number of nitrogens with one attached hydrogen (secondary N) is 2. The molecule has 1 aromatic heterocycles. The molecule has 1 aliphatic heterocycles. The van der Waals surface area contributed by atoms with Crippen molar-refractivity contribution in [1.29, 1.82) is 0 Å². The monoisotopic (exact) mass is 464 g/mol. The molecule has 0 saturated carbocycles. The zero-order valence-corrected chi connectivity index (χ0v) is 18.9. The molecule has 2 aromatic carbocycles. The van der Waals surface area contributed by atoms with Crippen molar-refractivity contribution < 1.29 is 17.9 Å². The maximum Gasteiger partial charge on any atom is 0.263 e. The topological polar surface area (TPSA) is 110 Å². The molecule has 0 saturated heterocycles. The summed E-state index contributed by atoms with van der Waals surface area (Å²) in [6.45, 7) is 2.03. The Balaban J connectivity index is 1.50.